The van der Waals surface area contributed by atoms with Crippen LogP contribution in [-0.4, -0.2) is 24.4 Å². The predicted octanol–water partition coefficient (Wildman–Crippen LogP) is 3.40. The van der Waals surface area contributed by atoms with E-state index in [1.807, 2.05) is 26.0 Å². The summed E-state index contributed by atoms with van der Waals surface area (Å²) in [6.07, 6.45) is 0. The van der Waals surface area contributed by atoms with E-state index in [4.69, 9.17) is 9.47 Å². The van der Waals surface area contributed by atoms with Gasteiger partial charge in [-0.15, -0.1) is 0 Å². The van der Waals surface area contributed by atoms with Crippen LogP contribution >= 0.6 is 0 Å². The standard InChI is InChI=1S/C16H18O4/c1-9-5-10(2)15(17)12(6-9)11-7-13(19-3)16(18)14(8-11)20-4/h5-8,17-18H,1-4H3. The lowest BCUT2D eigenvalue weighted by Crippen LogP contribution is -1.92. The van der Waals surface area contributed by atoms with Gasteiger partial charge in [0.25, 0.3) is 0 Å². The summed E-state index contributed by atoms with van der Waals surface area (Å²) in [5.74, 6) is 0.767. The van der Waals surface area contributed by atoms with Gasteiger partial charge in [0.1, 0.15) is 5.75 Å². The summed E-state index contributed by atoms with van der Waals surface area (Å²) in [5.41, 5.74) is 3.24. The second-order valence-corrected chi connectivity index (χ2v) is 4.71. The Morgan fingerprint density at radius 1 is 0.800 bits per heavy atom. The summed E-state index contributed by atoms with van der Waals surface area (Å²) in [5, 5.41) is 20.2. The van der Waals surface area contributed by atoms with Gasteiger partial charge >= 0.3 is 0 Å². The Morgan fingerprint density at radius 3 is 1.85 bits per heavy atom. The van der Waals surface area contributed by atoms with E-state index in [1.165, 1.54) is 14.2 Å². The normalized spacial score (nSPS) is 10.4. The highest BCUT2D eigenvalue weighted by Crippen LogP contribution is 2.43. The van der Waals surface area contributed by atoms with Crippen molar-refractivity contribution < 1.29 is 19.7 Å². The molecule has 20 heavy (non-hydrogen) atoms. The Hall–Kier alpha value is -2.36. The van der Waals surface area contributed by atoms with Gasteiger partial charge in [0.05, 0.1) is 14.2 Å². The van der Waals surface area contributed by atoms with Gasteiger partial charge < -0.3 is 19.7 Å². The second-order valence-electron chi connectivity index (χ2n) is 4.71. The van der Waals surface area contributed by atoms with Crippen LogP contribution in [0, 0.1) is 13.8 Å². The molecule has 0 aliphatic rings. The smallest absolute Gasteiger partial charge is 0.200 e. The first-order valence-corrected chi connectivity index (χ1v) is 6.23. The lowest BCUT2D eigenvalue weighted by molar-refractivity contribution is 0.340. The summed E-state index contributed by atoms with van der Waals surface area (Å²) < 4.78 is 10.3. The average Bonchev–Trinajstić information content (AvgIpc) is 2.43. The Kier molecular flexibility index (Phi) is 3.74. The zero-order valence-corrected chi connectivity index (χ0v) is 12.0. The molecule has 2 aromatic rings. The first-order chi connectivity index (χ1) is 9.47. The molecule has 4 nitrogen and oxygen atoms in total. The topological polar surface area (TPSA) is 58.9 Å². The van der Waals surface area contributed by atoms with Crippen molar-refractivity contribution >= 4 is 0 Å². The van der Waals surface area contributed by atoms with Gasteiger partial charge in [0.15, 0.2) is 11.5 Å². The highest BCUT2D eigenvalue weighted by atomic mass is 16.5. The zero-order valence-electron chi connectivity index (χ0n) is 12.0. The number of rotatable bonds is 3. The largest absolute Gasteiger partial charge is 0.507 e. The van der Waals surface area contributed by atoms with Crippen molar-refractivity contribution in [2.45, 2.75) is 13.8 Å². The van der Waals surface area contributed by atoms with Gasteiger partial charge in [-0.2, -0.15) is 0 Å². The molecule has 106 valence electrons. The minimum atomic E-state index is -0.0531. The van der Waals surface area contributed by atoms with E-state index in [1.54, 1.807) is 12.1 Å². The van der Waals surface area contributed by atoms with Crippen LogP contribution in [-0.2, 0) is 0 Å². The third kappa shape index (κ3) is 2.37. The highest BCUT2D eigenvalue weighted by Gasteiger charge is 2.15. The number of ether oxygens (including phenoxy) is 2. The van der Waals surface area contributed by atoms with Gasteiger partial charge in [0, 0.05) is 5.56 Å². The van der Waals surface area contributed by atoms with E-state index < -0.39 is 0 Å². The quantitative estimate of drug-likeness (QED) is 0.900. The predicted molar refractivity (Wildman–Crippen MR) is 77.8 cm³/mol. The van der Waals surface area contributed by atoms with Gasteiger partial charge in [-0.3, -0.25) is 0 Å². The van der Waals surface area contributed by atoms with Crippen LogP contribution in [0.25, 0.3) is 11.1 Å². The highest BCUT2D eigenvalue weighted by molar-refractivity contribution is 5.76. The average molecular weight is 274 g/mol. The Labute approximate surface area is 118 Å². The van der Waals surface area contributed by atoms with Crippen molar-refractivity contribution in [2.24, 2.45) is 0 Å². The van der Waals surface area contributed by atoms with Crippen molar-refractivity contribution in [2.75, 3.05) is 14.2 Å². The molecule has 0 aliphatic heterocycles. The fourth-order valence-corrected chi connectivity index (χ4v) is 2.23. The van der Waals surface area contributed by atoms with Gasteiger partial charge in [-0.1, -0.05) is 6.07 Å². The molecule has 0 radical (unpaired) electrons. The Balaban J connectivity index is 2.70. The molecule has 4 heteroatoms. The van der Waals surface area contributed by atoms with Crippen LogP contribution in [0.5, 0.6) is 23.0 Å². The van der Waals surface area contributed by atoms with E-state index in [-0.39, 0.29) is 11.5 Å². The number of hydrogen-bond acceptors (Lipinski definition) is 4. The number of aryl methyl sites for hydroxylation is 2. The summed E-state index contributed by atoms with van der Waals surface area (Å²) in [7, 11) is 2.94. The molecule has 0 spiro atoms. The number of phenolic OH excluding ortho intramolecular Hbond substituents is 2. The van der Waals surface area contributed by atoms with Crippen LogP contribution in [0.15, 0.2) is 24.3 Å². The third-order valence-electron chi connectivity index (χ3n) is 3.24. The molecule has 0 amide bonds. The fraction of sp³-hybridized carbons (Fsp3) is 0.250. The third-order valence-corrected chi connectivity index (χ3v) is 3.24. The van der Waals surface area contributed by atoms with Gasteiger partial charge in [-0.25, -0.2) is 0 Å². The van der Waals surface area contributed by atoms with E-state index in [0.717, 1.165) is 16.7 Å². The number of hydrogen-bond donors (Lipinski definition) is 2. The molecule has 0 heterocycles. The summed E-state index contributed by atoms with van der Waals surface area (Å²) >= 11 is 0. The molecule has 2 N–H and O–H groups in total. The molecule has 2 aromatic carbocycles. The van der Waals surface area contributed by atoms with Crippen molar-refractivity contribution in [3.05, 3.63) is 35.4 Å². The van der Waals surface area contributed by atoms with E-state index >= 15 is 0 Å². The van der Waals surface area contributed by atoms with Crippen LogP contribution in [0.3, 0.4) is 0 Å². The molecule has 0 atom stereocenters. The van der Waals surface area contributed by atoms with Crippen LogP contribution in [0.2, 0.25) is 0 Å². The lowest BCUT2D eigenvalue weighted by Gasteiger charge is -2.14. The van der Waals surface area contributed by atoms with Crippen LogP contribution < -0.4 is 9.47 Å². The van der Waals surface area contributed by atoms with E-state index in [2.05, 4.69) is 0 Å². The second kappa shape index (κ2) is 5.33. The number of methoxy groups -OCH3 is 2. The SMILES string of the molecule is COc1cc(-c2cc(C)cc(C)c2O)cc(OC)c1O. The zero-order chi connectivity index (χ0) is 14.9. The summed E-state index contributed by atoms with van der Waals surface area (Å²) in [4.78, 5) is 0. The van der Waals surface area contributed by atoms with Crippen molar-refractivity contribution in [1.29, 1.82) is 0 Å². The van der Waals surface area contributed by atoms with Gasteiger partial charge in [-0.05, 0) is 48.7 Å². The lowest BCUT2D eigenvalue weighted by atomic mass is 9.98. The van der Waals surface area contributed by atoms with Crippen LogP contribution in [0.1, 0.15) is 11.1 Å². The maximum Gasteiger partial charge on any atom is 0.200 e. The Morgan fingerprint density at radius 2 is 1.35 bits per heavy atom. The first-order valence-electron chi connectivity index (χ1n) is 6.23. The molecule has 0 aliphatic carbocycles. The fourth-order valence-electron chi connectivity index (χ4n) is 2.23. The monoisotopic (exact) mass is 274 g/mol. The molecule has 0 fully saturated rings. The summed E-state index contributed by atoms with van der Waals surface area (Å²) in [6, 6.07) is 7.14. The minimum absolute atomic E-state index is 0.0531. The maximum atomic E-state index is 10.2. The molecule has 2 rings (SSSR count). The van der Waals surface area contributed by atoms with Crippen molar-refractivity contribution in [3.8, 4) is 34.1 Å². The van der Waals surface area contributed by atoms with E-state index in [9.17, 15) is 10.2 Å². The van der Waals surface area contributed by atoms with Crippen molar-refractivity contribution in [3.63, 3.8) is 0 Å². The molecule has 0 aromatic heterocycles. The Bertz CT molecular complexity index is 622. The number of benzene rings is 2. The first kappa shape index (κ1) is 14.1. The number of aromatic hydroxyl groups is 2. The van der Waals surface area contributed by atoms with Crippen molar-refractivity contribution in [1.82, 2.24) is 0 Å². The molecular weight excluding hydrogens is 256 g/mol. The molecule has 0 saturated carbocycles. The van der Waals surface area contributed by atoms with Gasteiger partial charge in [0.2, 0.25) is 5.75 Å². The molecule has 0 unspecified atom stereocenters. The van der Waals surface area contributed by atoms with E-state index in [0.29, 0.717) is 17.1 Å². The molecule has 0 bridgehead atoms. The molecule has 0 saturated heterocycles. The maximum absolute atomic E-state index is 10.2. The molecular formula is C16H18O4. The minimum Gasteiger partial charge on any atom is -0.507 e. The van der Waals surface area contributed by atoms with Crippen LogP contribution in [0.4, 0.5) is 0 Å². The summed E-state index contributed by atoms with van der Waals surface area (Å²) in [6.45, 7) is 3.81. The number of phenols is 2.